The normalized spacial score (nSPS) is 16.4. The van der Waals surface area contributed by atoms with E-state index in [1.54, 1.807) is 7.11 Å². The summed E-state index contributed by atoms with van der Waals surface area (Å²) >= 11 is 0. The van der Waals surface area contributed by atoms with Crippen LogP contribution in [-0.2, 0) is 9.47 Å². The maximum Gasteiger partial charge on any atom is 0.165 e. The van der Waals surface area contributed by atoms with Gasteiger partial charge in [-0.3, -0.25) is 10.7 Å². The molecular formula is C28H30N6O3. The van der Waals surface area contributed by atoms with Crippen LogP contribution in [-0.4, -0.2) is 55.9 Å². The third kappa shape index (κ3) is 5.86. The topological polar surface area (TPSA) is 105 Å². The second-order valence-electron chi connectivity index (χ2n) is 8.69. The van der Waals surface area contributed by atoms with Crippen molar-refractivity contribution in [3.63, 3.8) is 0 Å². The quantitative estimate of drug-likeness (QED) is 0.112. The fourth-order valence-electron chi connectivity index (χ4n) is 4.08. The Labute approximate surface area is 215 Å². The van der Waals surface area contributed by atoms with Gasteiger partial charge in [0.05, 0.1) is 23.4 Å². The van der Waals surface area contributed by atoms with Gasteiger partial charge in [-0.25, -0.2) is 9.97 Å². The van der Waals surface area contributed by atoms with Gasteiger partial charge in [0, 0.05) is 31.4 Å². The SMILES string of the molecule is C=NNc1ccc(Nc2nc(-c3ccccc3OCC3OC3NCCOC)nc3ccccc23)cc1C. The number of fused-ring (bicyclic) bond motifs is 1. The van der Waals surface area contributed by atoms with Crippen molar-refractivity contribution in [2.45, 2.75) is 19.3 Å². The molecule has 1 aromatic heterocycles. The van der Waals surface area contributed by atoms with Crippen molar-refractivity contribution in [1.82, 2.24) is 15.3 Å². The summed E-state index contributed by atoms with van der Waals surface area (Å²) in [6, 6.07) is 21.7. The Morgan fingerprint density at radius 3 is 2.73 bits per heavy atom. The molecule has 9 heteroatoms. The van der Waals surface area contributed by atoms with Crippen LogP contribution in [0.15, 0.2) is 71.8 Å². The number of nitrogens with zero attached hydrogens (tertiary/aromatic N) is 3. The lowest BCUT2D eigenvalue weighted by Gasteiger charge is -2.14. The van der Waals surface area contributed by atoms with Crippen molar-refractivity contribution in [3.8, 4) is 17.1 Å². The molecule has 2 unspecified atom stereocenters. The Hall–Kier alpha value is -4.05. The molecule has 0 aliphatic carbocycles. The number of hydrogen-bond donors (Lipinski definition) is 3. The molecule has 0 saturated carbocycles. The van der Waals surface area contributed by atoms with Crippen LogP contribution in [0.1, 0.15) is 5.56 Å². The summed E-state index contributed by atoms with van der Waals surface area (Å²) in [5.74, 6) is 2.00. The zero-order valence-electron chi connectivity index (χ0n) is 20.9. The number of ether oxygens (including phenoxy) is 3. The number of para-hydroxylation sites is 2. The molecule has 0 radical (unpaired) electrons. The Balaban J connectivity index is 1.40. The van der Waals surface area contributed by atoms with Gasteiger partial charge in [-0.2, -0.15) is 5.10 Å². The fraction of sp³-hybridized carbons (Fsp3) is 0.250. The van der Waals surface area contributed by atoms with E-state index in [0.29, 0.717) is 30.6 Å². The molecular weight excluding hydrogens is 468 g/mol. The second kappa shape index (κ2) is 11.3. The third-order valence-electron chi connectivity index (χ3n) is 6.06. The van der Waals surface area contributed by atoms with Crippen LogP contribution in [0.25, 0.3) is 22.3 Å². The summed E-state index contributed by atoms with van der Waals surface area (Å²) in [5.41, 5.74) is 7.39. The van der Waals surface area contributed by atoms with Gasteiger partial charge in [-0.15, -0.1) is 0 Å². The van der Waals surface area contributed by atoms with Gasteiger partial charge in [0.15, 0.2) is 5.82 Å². The number of aryl methyl sites for hydroxylation is 1. The van der Waals surface area contributed by atoms with Gasteiger partial charge < -0.3 is 19.5 Å². The number of rotatable bonds is 12. The first-order valence-electron chi connectivity index (χ1n) is 12.1. The molecule has 0 bridgehead atoms. The number of hydrazone groups is 1. The van der Waals surface area contributed by atoms with Crippen molar-refractivity contribution < 1.29 is 14.2 Å². The van der Waals surface area contributed by atoms with Crippen molar-refractivity contribution in [3.05, 3.63) is 72.3 Å². The zero-order chi connectivity index (χ0) is 25.6. The van der Waals surface area contributed by atoms with Gasteiger partial charge in [0.25, 0.3) is 0 Å². The zero-order valence-corrected chi connectivity index (χ0v) is 20.9. The van der Waals surface area contributed by atoms with E-state index in [0.717, 1.165) is 39.9 Å². The van der Waals surface area contributed by atoms with E-state index in [9.17, 15) is 0 Å². The molecule has 5 rings (SSSR count). The maximum atomic E-state index is 6.16. The standard InChI is InChI=1S/C28H30N6O3/c1-18-16-19(12-13-22(18)34-29-2)31-26-20-8-4-6-10-23(20)32-27(33-26)21-9-5-7-11-24(21)36-17-25-28(37-25)30-14-15-35-3/h4-13,16,25,28,30,34H,2,14-15,17H2,1,3H3,(H,31,32,33). The number of aromatic nitrogens is 2. The molecule has 2 atom stereocenters. The minimum absolute atomic E-state index is 0.00310. The summed E-state index contributed by atoms with van der Waals surface area (Å²) in [5, 5.41) is 11.4. The van der Waals surface area contributed by atoms with Crippen LogP contribution in [0, 0.1) is 6.92 Å². The number of nitrogens with one attached hydrogen (secondary N) is 3. The van der Waals surface area contributed by atoms with Gasteiger partial charge >= 0.3 is 0 Å². The van der Waals surface area contributed by atoms with E-state index in [1.165, 1.54) is 0 Å². The van der Waals surface area contributed by atoms with Crippen LogP contribution >= 0.6 is 0 Å². The van der Waals surface area contributed by atoms with Crippen molar-refractivity contribution in [2.24, 2.45) is 5.10 Å². The van der Waals surface area contributed by atoms with E-state index in [1.807, 2.05) is 73.7 Å². The molecule has 2 heterocycles. The van der Waals surface area contributed by atoms with Crippen LogP contribution in [0.2, 0.25) is 0 Å². The van der Waals surface area contributed by atoms with E-state index >= 15 is 0 Å². The molecule has 1 saturated heterocycles. The van der Waals surface area contributed by atoms with E-state index < -0.39 is 0 Å². The van der Waals surface area contributed by atoms with Gasteiger partial charge in [0.1, 0.15) is 30.5 Å². The van der Waals surface area contributed by atoms with Crippen molar-refractivity contribution in [2.75, 3.05) is 37.6 Å². The average Bonchev–Trinajstić information content (AvgIpc) is 3.67. The lowest BCUT2D eigenvalue weighted by atomic mass is 10.1. The molecule has 0 amide bonds. The summed E-state index contributed by atoms with van der Waals surface area (Å²) in [4.78, 5) is 9.77. The first-order chi connectivity index (χ1) is 18.2. The largest absolute Gasteiger partial charge is 0.490 e. The molecule has 1 aliphatic rings. The number of anilines is 3. The first-order valence-corrected chi connectivity index (χ1v) is 12.1. The van der Waals surface area contributed by atoms with Crippen LogP contribution in [0.5, 0.6) is 5.75 Å². The maximum absolute atomic E-state index is 6.16. The fourth-order valence-corrected chi connectivity index (χ4v) is 4.08. The summed E-state index contributed by atoms with van der Waals surface area (Å²) < 4.78 is 16.9. The van der Waals surface area contributed by atoms with Crippen LogP contribution < -0.4 is 20.8 Å². The highest BCUT2D eigenvalue weighted by atomic mass is 16.6. The predicted octanol–water partition coefficient (Wildman–Crippen LogP) is 4.72. The minimum Gasteiger partial charge on any atom is -0.490 e. The van der Waals surface area contributed by atoms with Crippen LogP contribution in [0.4, 0.5) is 17.2 Å². The van der Waals surface area contributed by atoms with Gasteiger partial charge in [-0.05, 0) is 55.0 Å². The Kier molecular flexibility index (Phi) is 7.55. The average molecular weight is 499 g/mol. The highest BCUT2D eigenvalue weighted by Gasteiger charge is 2.39. The van der Waals surface area contributed by atoms with Gasteiger partial charge in [0.2, 0.25) is 0 Å². The molecule has 4 aromatic rings. The predicted molar refractivity (Wildman–Crippen MR) is 147 cm³/mol. The lowest BCUT2D eigenvalue weighted by molar-refractivity contribution is 0.193. The molecule has 9 nitrogen and oxygen atoms in total. The summed E-state index contributed by atoms with van der Waals surface area (Å²) in [6.45, 7) is 7.31. The minimum atomic E-state index is -0.0117. The number of methoxy groups -OCH3 is 1. The van der Waals surface area contributed by atoms with Gasteiger partial charge in [-0.1, -0.05) is 24.3 Å². The van der Waals surface area contributed by atoms with Crippen molar-refractivity contribution >= 4 is 34.8 Å². The van der Waals surface area contributed by atoms with E-state index in [4.69, 9.17) is 24.2 Å². The molecule has 1 aliphatic heterocycles. The third-order valence-corrected chi connectivity index (χ3v) is 6.06. The van der Waals surface area contributed by atoms with E-state index in [-0.39, 0.29) is 12.3 Å². The summed E-state index contributed by atoms with van der Waals surface area (Å²) in [6.07, 6.45) is -0.0148. The molecule has 190 valence electrons. The first kappa shape index (κ1) is 24.6. The molecule has 0 spiro atoms. The highest BCUT2D eigenvalue weighted by Crippen LogP contribution is 2.33. The number of epoxide rings is 1. The molecule has 3 N–H and O–H groups in total. The van der Waals surface area contributed by atoms with Crippen LogP contribution in [0.3, 0.4) is 0 Å². The second-order valence-corrected chi connectivity index (χ2v) is 8.69. The highest BCUT2D eigenvalue weighted by molar-refractivity contribution is 5.92. The molecule has 1 fully saturated rings. The van der Waals surface area contributed by atoms with E-state index in [2.05, 4.69) is 27.9 Å². The Morgan fingerprint density at radius 1 is 1.05 bits per heavy atom. The summed E-state index contributed by atoms with van der Waals surface area (Å²) in [7, 11) is 1.68. The molecule has 37 heavy (non-hydrogen) atoms. The number of hydrogen-bond acceptors (Lipinski definition) is 9. The Morgan fingerprint density at radius 2 is 1.89 bits per heavy atom. The molecule has 3 aromatic carbocycles. The Bertz CT molecular complexity index is 1400. The van der Waals surface area contributed by atoms with Crippen molar-refractivity contribution in [1.29, 1.82) is 0 Å². The monoisotopic (exact) mass is 498 g/mol. The number of benzene rings is 3. The lowest BCUT2D eigenvalue weighted by Crippen LogP contribution is -2.25. The smallest absolute Gasteiger partial charge is 0.165 e.